The first-order chi connectivity index (χ1) is 17.5. The van der Waals surface area contributed by atoms with Gasteiger partial charge in [0.2, 0.25) is 5.82 Å². The Hall–Kier alpha value is -4.16. The molecule has 0 saturated heterocycles. The lowest BCUT2D eigenvalue weighted by atomic mass is 9.93. The summed E-state index contributed by atoms with van der Waals surface area (Å²) in [5.41, 5.74) is 6.32. The van der Waals surface area contributed by atoms with Crippen LogP contribution in [0.4, 0.5) is 0 Å². The number of thiol groups is 1. The Kier molecular flexibility index (Phi) is 6.69. The van der Waals surface area contributed by atoms with Gasteiger partial charge in [-0.1, -0.05) is 55.2 Å². The van der Waals surface area contributed by atoms with Crippen LogP contribution in [0.15, 0.2) is 77.7 Å². The van der Waals surface area contributed by atoms with Crippen molar-refractivity contribution in [2.75, 3.05) is 13.8 Å². The Bertz CT molecular complexity index is 1390. The lowest BCUT2D eigenvalue weighted by Crippen LogP contribution is -2.43. The summed E-state index contributed by atoms with van der Waals surface area (Å²) in [6.07, 6.45) is 2.60. The fourth-order valence-corrected chi connectivity index (χ4v) is 4.37. The third kappa shape index (κ3) is 4.95. The van der Waals surface area contributed by atoms with Crippen LogP contribution in [-0.4, -0.2) is 45.2 Å². The molecule has 5 rings (SSSR count). The number of H-pyrrole nitrogens is 1. The Morgan fingerprint density at radius 1 is 1.22 bits per heavy atom. The van der Waals surface area contributed by atoms with E-state index in [1.54, 1.807) is 12.1 Å². The molecule has 2 heterocycles. The van der Waals surface area contributed by atoms with E-state index in [1.807, 2.05) is 60.7 Å². The molecule has 0 bridgehead atoms. The quantitative estimate of drug-likeness (QED) is 0.368. The second-order valence-corrected chi connectivity index (χ2v) is 9.04. The summed E-state index contributed by atoms with van der Waals surface area (Å²) in [5, 5.41) is 8.42. The van der Waals surface area contributed by atoms with Gasteiger partial charge in [0, 0.05) is 12.0 Å². The topological polar surface area (TPSA) is 92.4 Å². The smallest absolute Gasteiger partial charge is 0.309 e. The van der Waals surface area contributed by atoms with E-state index < -0.39 is 5.91 Å². The molecule has 0 fully saturated rings. The van der Waals surface area contributed by atoms with E-state index in [9.17, 15) is 4.79 Å². The standard InChI is InChI=1S/C27H25N5O3S/c1-17-14-20(11-8-18-9-12-21(34-2)13-10-18)24-23(25(17)36)32(16-35-24)31-27(33)26-28-22(29-30-26)15-19-6-4-3-5-7-19/h3-7,9-10,12-14,17,25,36H,15-16H2,1-2H3,(H,31,33)(H,28,29,30)/t17-,25-/m0/s1. The van der Waals surface area contributed by atoms with Crippen LogP contribution >= 0.6 is 12.6 Å². The number of rotatable bonds is 5. The summed E-state index contributed by atoms with van der Waals surface area (Å²) in [5.74, 6) is 8.10. The predicted molar refractivity (Wildman–Crippen MR) is 138 cm³/mol. The maximum Gasteiger partial charge on any atom is 0.309 e. The van der Waals surface area contributed by atoms with Gasteiger partial charge >= 0.3 is 5.91 Å². The Morgan fingerprint density at radius 3 is 2.75 bits per heavy atom. The number of aromatic amines is 1. The third-order valence-corrected chi connectivity index (χ3v) is 6.65. The number of hydrogen-bond donors (Lipinski definition) is 3. The van der Waals surface area contributed by atoms with Gasteiger partial charge in [-0.25, -0.2) is 9.99 Å². The Labute approximate surface area is 214 Å². The van der Waals surface area contributed by atoms with E-state index in [2.05, 4.69) is 39.4 Å². The zero-order chi connectivity index (χ0) is 25.1. The third-order valence-electron chi connectivity index (χ3n) is 5.93. The number of allylic oxidation sites excluding steroid dienone is 2. The number of benzene rings is 2. The van der Waals surface area contributed by atoms with E-state index in [1.165, 1.54) is 0 Å². The molecule has 1 aliphatic carbocycles. The fourth-order valence-electron chi connectivity index (χ4n) is 4.03. The number of methoxy groups -OCH3 is 1. The summed E-state index contributed by atoms with van der Waals surface area (Å²) < 4.78 is 11.2. The highest BCUT2D eigenvalue weighted by Gasteiger charge is 2.37. The zero-order valence-electron chi connectivity index (χ0n) is 19.9. The fraction of sp³-hybridized carbons (Fsp3) is 0.222. The largest absolute Gasteiger partial charge is 0.497 e. The monoisotopic (exact) mass is 499 g/mol. The van der Waals surface area contributed by atoms with Crippen LogP contribution in [0.2, 0.25) is 0 Å². The molecule has 2 atom stereocenters. The Morgan fingerprint density at radius 2 is 2.00 bits per heavy atom. The van der Waals surface area contributed by atoms with Crippen molar-refractivity contribution in [3.05, 3.63) is 100 Å². The summed E-state index contributed by atoms with van der Waals surface area (Å²) in [6, 6.07) is 17.4. The average molecular weight is 500 g/mol. The number of carbonyl (C=O) groups is 1. The van der Waals surface area contributed by atoms with Crippen molar-refractivity contribution in [2.24, 2.45) is 5.92 Å². The molecule has 0 saturated carbocycles. The van der Waals surface area contributed by atoms with Gasteiger partial charge in [-0.2, -0.15) is 12.6 Å². The molecule has 1 aliphatic heterocycles. The van der Waals surface area contributed by atoms with Crippen molar-refractivity contribution in [1.29, 1.82) is 0 Å². The molecule has 9 heteroatoms. The van der Waals surface area contributed by atoms with Gasteiger partial charge in [0.25, 0.3) is 0 Å². The highest BCUT2D eigenvalue weighted by molar-refractivity contribution is 7.81. The lowest BCUT2D eigenvalue weighted by molar-refractivity contribution is 0.0702. The highest BCUT2D eigenvalue weighted by Crippen LogP contribution is 2.38. The second-order valence-electron chi connectivity index (χ2n) is 8.49. The van der Waals surface area contributed by atoms with Crippen LogP contribution in [0.25, 0.3) is 0 Å². The van der Waals surface area contributed by atoms with E-state index in [-0.39, 0.29) is 23.7 Å². The minimum Gasteiger partial charge on any atom is -0.497 e. The molecular formula is C27H25N5O3S. The predicted octanol–water partition coefficient (Wildman–Crippen LogP) is 3.48. The van der Waals surface area contributed by atoms with Crippen LogP contribution in [0.1, 0.15) is 34.5 Å². The normalized spacial score (nSPS) is 18.5. The van der Waals surface area contributed by atoms with Gasteiger partial charge < -0.3 is 9.47 Å². The maximum atomic E-state index is 12.9. The first-order valence-corrected chi connectivity index (χ1v) is 12.0. The van der Waals surface area contributed by atoms with Gasteiger partial charge in [0.05, 0.1) is 23.6 Å². The van der Waals surface area contributed by atoms with Crippen LogP contribution in [0.3, 0.4) is 0 Å². The van der Waals surface area contributed by atoms with E-state index >= 15 is 0 Å². The van der Waals surface area contributed by atoms with Crippen LogP contribution < -0.4 is 10.2 Å². The molecule has 1 amide bonds. The van der Waals surface area contributed by atoms with Gasteiger partial charge in [0.1, 0.15) is 11.6 Å². The minimum atomic E-state index is -0.434. The zero-order valence-corrected chi connectivity index (χ0v) is 20.8. The number of nitrogens with one attached hydrogen (secondary N) is 2. The summed E-state index contributed by atoms with van der Waals surface area (Å²) in [7, 11) is 1.63. The van der Waals surface area contributed by atoms with Gasteiger partial charge in [-0.15, -0.1) is 5.10 Å². The van der Waals surface area contributed by atoms with Crippen LogP contribution in [0, 0.1) is 17.8 Å². The van der Waals surface area contributed by atoms with Gasteiger partial charge in [-0.3, -0.25) is 15.3 Å². The summed E-state index contributed by atoms with van der Waals surface area (Å²) in [6.45, 7) is 2.20. The molecule has 8 nitrogen and oxygen atoms in total. The summed E-state index contributed by atoms with van der Waals surface area (Å²) in [4.78, 5) is 17.3. The van der Waals surface area contributed by atoms with Crippen LogP contribution in [0.5, 0.6) is 5.75 Å². The number of nitrogens with zero attached hydrogens (tertiary/aromatic N) is 3. The number of hydrazine groups is 1. The molecule has 0 radical (unpaired) electrons. The number of amides is 1. The molecule has 0 spiro atoms. The SMILES string of the molecule is COc1ccc(C#CC2=C[C@H](C)[C@H](S)C3=C2OCN3NC(=O)c2n[nH]c(Cc3ccccc3)n2)cc1. The van der Waals surface area contributed by atoms with E-state index in [4.69, 9.17) is 22.1 Å². The molecule has 36 heavy (non-hydrogen) atoms. The number of carbonyl (C=O) groups excluding carboxylic acids is 1. The molecule has 2 aromatic carbocycles. The molecule has 0 unspecified atom stereocenters. The summed E-state index contributed by atoms with van der Waals surface area (Å²) >= 11 is 4.79. The van der Waals surface area contributed by atoms with Crippen molar-refractivity contribution in [3.8, 4) is 17.6 Å². The molecule has 182 valence electrons. The van der Waals surface area contributed by atoms with E-state index in [0.717, 1.165) is 28.1 Å². The lowest BCUT2D eigenvalue weighted by Gasteiger charge is -2.28. The van der Waals surface area contributed by atoms with Gasteiger partial charge in [-0.05, 0) is 35.7 Å². The molecule has 2 N–H and O–H groups in total. The number of hydrogen-bond acceptors (Lipinski definition) is 7. The number of aromatic nitrogens is 3. The molecule has 3 aromatic rings. The van der Waals surface area contributed by atoms with Crippen molar-refractivity contribution < 1.29 is 14.3 Å². The maximum absolute atomic E-state index is 12.9. The second kappa shape index (κ2) is 10.2. The van der Waals surface area contributed by atoms with E-state index in [0.29, 0.717) is 18.0 Å². The average Bonchev–Trinajstić information content (AvgIpc) is 3.54. The first-order valence-electron chi connectivity index (χ1n) is 11.5. The van der Waals surface area contributed by atoms with Crippen molar-refractivity contribution >= 4 is 18.5 Å². The molecular weight excluding hydrogens is 474 g/mol. The van der Waals surface area contributed by atoms with Crippen LogP contribution in [-0.2, 0) is 11.2 Å². The highest BCUT2D eigenvalue weighted by atomic mass is 32.1. The minimum absolute atomic E-state index is 0.0598. The number of ether oxygens (including phenoxy) is 2. The molecule has 2 aliphatic rings. The van der Waals surface area contributed by atoms with Crippen molar-refractivity contribution in [1.82, 2.24) is 25.6 Å². The van der Waals surface area contributed by atoms with Gasteiger partial charge in [0.15, 0.2) is 12.5 Å². The Balaban J connectivity index is 1.31. The first kappa shape index (κ1) is 23.6. The van der Waals surface area contributed by atoms with Crippen molar-refractivity contribution in [3.63, 3.8) is 0 Å². The van der Waals surface area contributed by atoms with Crippen molar-refractivity contribution in [2.45, 2.75) is 18.6 Å². The molecule has 1 aromatic heterocycles.